The monoisotopic (exact) mass is 392 g/mol. The number of carbonyl (C=O) groups is 2. The van der Waals surface area contributed by atoms with E-state index in [4.69, 9.17) is 4.74 Å². The smallest absolute Gasteiger partial charge is 0.311 e. The Bertz CT molecular complexity index is 631. The molecule has 1 atom stereocenters. The highest BCUT2D eigenvalue weighted by Gasteiger charge is 2.35. The van der Waals surface area contributed by atoms with Crippen LogP contribution >= 0.6 is 15.9 Å². The number of hydrogen-bond acceptors (Lipinski definition) is 4. The van der Waals surface area contributed by atoms with Crippen molar-refractivity contribution in [2.75, 3.05) is 0 Å². The summed E-state index contributed by atoms with van der Waals surface area (Å²) < 4.78 is 6.14. The molecule has 0 heterocycles. The first-order chi connectivity index (χ1) is 11.4. The number of benzene rings is 1. The van der Waals surface area contributed by atoms with E-state index in [1.54, 1.807) is 0 Å². The molecule has 1 N–H and O–H groups in total. The SMILES string of the molecule is C[C@@H](OC(=O)Cc1ccc(Br)cc1)C(=O)NC1(C#N)CCCCC1. The summed E-state index contributed by atoms with van der Waals surface area (Å²) in [4.78, 5) is 24.2. The fourth-order valence-electron chi connectivity index (χ4n) is 2.82. The minimum absolute atomic E-state index is 0.105. The molecule has 1 aliphatic carbocycles. The Morgan fingerprint density at radius 3 is 2.50 bits per heavy atom. The lowest BCUT2D eigenvalue weighted by Crippen LogP contribution is -2.52. The van der Waals surface area contributed by atoms with Gasteiger partial charge in [-0.2, -0.15) is 5.26 Å². The normalized spacial score (nSPS) is 17.4. The fourth-order valence-corrected chi connectivity index (χ4v) is 3.08. The van der Waals surface area contributed by atoms with E-state index in [0.29, 0.717) is 12.8 Å². The number of esters is 1. The first-order valence-corrected chi connectivity index (χ1v) is 8.91. The van der Waals surface area contributed by atoms with Crippen LogP contribution in [0.25, 0.3) is 0 Å². The molecule has 0 saturated heterocycles. The molecule has 1 saturated carbocycles. The van der Waals surface area contributed by atoms with Crippen LogP contribution in [0.3, 0.4) is 0 Å². The van der Waals surface area contributed by atoms with Gasteiger partial charge in [0.15, 0.2) is 6.10 Å². The summed E-state index contributed by atoms with van der Waals surface area (Å²) in [5.74, 6) is -0.878. The summed E-state index contributed by atoms with van der Waals surface area (Å²) in [6.07, 6.45) is 3.41. The molecule has 0 unspecified atom stereocenters. The molecule has 1 aliphatic rings. The van der Waals surface area contributed by atoms with E-state index in [1.165, 1.54) is 6.92 Å². The Hall–Kier alpha value is -1.87. The number of amides is 1. The molecule has 1 amide bonds. The van der Waals surface area contributed by atoms with Crippen molar-refractivity contribution in [3.05, 3.63) is 34.3 Å². The molecular formula is C18H21BrN2O3. The number of hydrogen-bond donors (Lipinski definition) is 1. The largest absolute Gasteiger partial charge is 0.452 e. The zero-order chi connectivity index (χ0) is 17.6. The molecule has 0 aliphatic heterocycles. The molecule has 0 radical (unpaired) electrons. The predicted octanol–water partition coefficient (Wildman–Crippen LogP) is 3.27. The van der Waals surface area contributed by atoms with Gasteiger partial charge < -0.3 is 10.1 Å². The van der Waals surface area contributed by atoms with Gasteiger partial charge in [0.25, 0.3) is 5.91 Å². The van der Waals surface area contributed by atoms with Crippen LogP contribution in [0.4, 0.5) is 0 Å². The predicted molar refractivity (Wildman–Crippen MR) is 93.0 cm³/mol. The number of nitriles is 1. The quantitative estimate of drug-likeness (QED) is 0.779. The van der Waals surface area contributed by atoms with Crippen molar-refractivity contribution in [1.82, 2.24) is 5.32 Å². The fraction of sp³-hybridized carbons (Fsp3) is 0.500. The molecule has 0 bridgehead atoms. The maximum Gasteiger partial charge on any atom is 0.311 e. The van der Waals surface area contributed by atoms with Crippen LogP contribution in [0.1, 0.15) is 44.6 Å². The molecule has 0 spiro atoms. The highest BCUT2D eigenvalue weighted by molar-refractivity contribution is 9.10. The zero-order valence-electron chi connectivity index (χ0n) is 13.7. The van der Waals surface area contributed by atoms with Crippen molar-refractivity contribution in [3.8, 4) is 6.07 Å². The molecule has 1 fully saturated rings. The third-order valence-corrected chi connectivity index (χ3v) is 4.75. The van der Waals surface area contributed by atoms with Gasteiger partial charge in [-0.25, -0.2) is 0 Å². The zero-order valence-corrected chi connectivity index (χ0v) is 15.3. The van der Waals surface area contributed by atoms with E-state index in [-0.39, 0.29) is 6.42 Å². The van der Waals surface area contributed by atoms with Crippen molar-refractivity contribution in [1.29, 1.82) is 5.26 Å². The number of halogens is 1. The molecule has 24 heavy (non-hydrogen) atoms. The van der Waals surface area contributed by atoms with Crippen LogP contribution in [0.15, 0.2) is 28.7 Å². The first kappa shape index (κ1) is 18.5. The molecule has 2 rings (SSSR count). The van der Waals surface area contributed by atoms with Crippen molar-refractivity contribution >= 4 is 27.8 Å². The van der Waals surface area contributed by atoms with Crippen LogP contribution in [-0.4, -0.2) is 23.5 Å². The van der Waals surface area contributed by atoms with Crippen molar-refractivity contribution in [3.63, 3.8) is 0 Å². The lowest BCUT2D eigenvalue weighted by molar-refractivity contribution is -0.154. The summed E-state index contributed by atoms with van der Waals surface area (Å²) in [5, 5.41) is 12.2. The summed E-state index contributed by atoms with van der Waals surface area (Å²) >= 11 is 3.33. The molecule has 1 aromatic rings. The molecule has 0 aromatic heterocycles. The molecule has 6 heteroatoms. The maximum absolute atomic E-state index is 12.3. The average Bonchev–Trinajstić information content (AvgIpc) is 2.57. The van der Waals surface area contributed by atoms with Gasteiger partial charge in [0.2, 0.25) is 0 Å². The van der Waals surface area contributed by atoms with E-state index in [2.05, 4.69) is 27.3 Å². The minimum atomic E-state index is -0.917. The van der Waals surface area contributed by atoms with Gasteiger partial charge in [-0.1, -0.05) is 47.3 Å². The Kier molecular flexibility index (Phi) is 6.38. The Morgan fingerprint density at radius 2 is 1.92 bits per heavy atom. The second-order valence-corrected chi connectivity index (χ2v) is 7.09. The van der Waals surface area contributed by atoms with E-state index in [1.807, 2.05) is 24.3 Å². The van der Waals surface area contributed by atoms with Crippen LogP contribution in [0, 0.1) is 11.3 Å². The highest BCUT2D eigenvalue weighted by Crippen LogP contribution is 2.27. The number of carbonyl (C=O) groups excluding carboxylic acids is 2. The van der Waals surface area contributed by atoms with Gasteiger partial charge in [-0.05, 0) is 37.5 Å². The number of rotatable bonds is 5. The van der Waals surface area contributed by atoms with Gasteiger partial charge in [0.05, 0.1) is 12.5 Å². The standard InChI is InChI=1S/C18H21BrN2O3/c1-13(17(23)21-18(12-20)9-3-2-4-10-18)24-16(22)11-14-5-7-15(19)8-6-14/h5-8,13H,2-4,9-11H2,1H3,(H,21,23)/t13-/m1/s1. The maximum atomic E-state index is 12.3. The number of nitrogens with one attached hydrogen (secondary N) is 1. The number of nitrogens with zero attached hydrogens (tertiary/aromatic N) is 1. The Balaban J connectivity index is 1.87. The number of ether oxygens (including phenoxy) is 1. The van der Waals surface area contributed by atoms with Gasteiger partial charge in [-0.3, -0.25) is 9.59 Å². The third kappa shape index (κ3) is 5.07. The Morgan fingerprint density at radius 1 is 1.29 bits per heavy atom. The minimum Gasteiger partial charge on any atom is -0.452 e. The second-order valence-electron chi connectivity index (χ2n) is 6.18. The van der Waals surface area contributed by atoms with Crippen LogP contribution in [0.2, 0.25) is 0 Å². The highest BCUT2D eigenvalue weighted by atomic mass is 79.9. The first-order valence-electron chi connectivity index (χ1n) is 8.11. The van der Waals surface area contributed by atoms with E-state index in [9.17, 15) is 14.9 Å². The van der Waals surface area contributed by atoms with Crippen LogP contribution in [0.5, 0.6) is 0 Å². The summed E-state index contributed by atoms with van der Waals surface area (Å²) in [5.41, 5.74) is -0.00147. The van der Waals surface area contributed by atoms with E-state index >= 15 is 0 Å². The van der Waals surface area contributed by atoms with Crippen molar-refractivity contribution < 1.29 is 14.3 Å². The average molecular weight is 393 g/mol. The summed E-state index contributed by atoms with van der Waals surface area (Å²) in [6.45, 7) is 1.53. The lowest BCUT2D eigenvalue weighted by Gasteiger charge is -2.32. The molecule has 128 valence electrons. The summed E-state index contributed by atoms with van der Waals surface area (Å²) in [6, 6.07) is 9.56. The van der Waals surface area contributed by atoms with E-state index in [0.717, 1.165) is 29.3 Å². The molecule has 1 aromatic carbocycles. The van der Waals surface area contributed by atoms with E-state index < -0.39 is 23.5 Å². The van der Waals surface area contributed by atoms with Gasteiger partial charge in [-0.15, -0.1) is 0 Å². The van der Waals surface area contributed by atoms with Crippen molar-refractivity contribution in [2.45, 2.75) is 57.1 Å². The Labute approximate surface area is 150 Å². The van der Waals surface area contributed by atoms with Crippen LogP contribution in [-0.2, 0) is 20.7 Å². The third-order valence-electron chi connectivity index (χ3n) is 4.22. The van der Waals surface area contributed by atoms with Gasteiger partial charge >= 0.3 is 5.97 Å². The van der Waals surface area contributed by atoms with Gasteiger partial charge in [0.1, 0.15) is 5.54 Å². The topological polar surface area (TPSA) is 79.2 Å². The molecule has 5 nitrogen and oxygen atoms in total. The second kappa shape index (κ2) is 8.29. The van der Waals surface area contributed by atoms with Crippen molar-refractivity contribution in [2.24, 2.45) is 0 Å². The lowest BCUT2D eigenvalue weighted by atomic mass is 9.83. The molecular weight excluding hydrogens is 372 g/mol. The van der Waals surface area contributed by atoms with Crippen LogP contribution < -0.4 is 5.32 Å². The van der Waals surface area contributed by atoms with Gasteiger partial charge in [0, 0.05) is 4.47 Å². The summed E-state index contributed by atoms with van der Waals surface area (Å²) in [7, 11) is 0.